The summed E-state index contributed by atoms with van der Waals surface area (Å²) in [6, 6.07) is 19.8. The lowest BCUT2D eigenvalue weighted by molar-refractivity contribution is -0.384. The third kappa shape index (κ3) is 3.87. The molecule has 3 aromatic rings. The summed E-state index contributed by atoms with van der Waals surface area (Å²) in [6.45, 7) is 0. The van der Waals surface area contributed by atoms with Crippen molar-refractivity contribution in [2.45, 2.75) is 0 Å². The molecular weight excluding hydrogens is 564 g/mol. The number of anilines is 1. The van der Waals surface area contributed by atoms with E-state index in [0.717, 1.165) is 38.7 Å². The molecule has 9 heteroatoms. The molecule has 8 nitrogen and oxygen atoms in total. The molecule has 39 heavy (non-hydrogen) atoms. The summed E-state index contributed by atoms with van der Waals surface area (Å²) in [5.74, 6) is -1.25. The molecule has 196 valence electrons. The molecule has 3 aliphatic rings. The first-order valence-electron chi connectivity index (χ1n) is 12.4. The number of amides is 2. The summed E-state index contributed by atoms with van der Waals surface area (Å²) in [5, 5.41) is 11.8. The monoisotopic (exact) mass is 586 g/mol. The van der Waals surface area contributed by atoms with Gasteiger partial charge in [0.05, 0.1) is 31.0 Å². The number of methoxy groups -OCH3 is 2. The number of nitrogens with zero attached hydrogens (tertiary/aromatic N) is 2. The quantitative estimate of drug-likeness (QED) is 0.157. The molecular formula is C30H23BrN2O6. The number of carbonyl (C=O) groups is 2. The van der Waals surface area contributed by atoms with Crippen LogP contribution in [-0.2, 0) is 9.59 Å². The minimum absolute atomic E-state index is 0.00284. The Hall–Kier alpha value is -4.24. The second-order valence-corrected chi connectivity index (χ2v) is 10.6. The molecule has 0 unspecified atom stereocenters. The first kappa shape index (κ1) is 25.1. The van der Waals surface area contributed by atoms with Gasteiger partial charge in [-0.3, -0.25) is 19.7 Å². The van der Waals surface area contributed by atoms with Gasteiger partial charge in [0, 0.05) is 22.4 Å². The standard InChI is InChI=1S/C30H23BrN2O6/c1-38-19-8-3-16(4-9-19)25(17-5-10-20(39-2)11-6-17)26-21-12-13-22(26)28-27(21)29(34)32(30(28)35)23-14-7-18(31)15-24(23)33(36)37/h3-15,21-22,27-28H,1-2H3/t21-,22-,27-,28+/m1/s1. The maximum atomic E-state index is 13.8. The number of halogens is 1. The van der Waals surface area contributed by atoms with Crippen molar-refractivity contribution in [2.75, 3.05) is 19.1 Å². The van der Waals surface area contributed by atoms with E-state index in [9.17, 15) is 19.7 Å². The molecule has 0 spiro atoms. The van der Waals surface area contributed by atoms with Crippen LogP contribution in [0.2, 0.25) is 0 Å². The summed E-state index contributed by atoms with van der Waals surface area (Å²) in [5.41, 5.74) is 3.55. The highest BCUT2D eigenvalue weighted by atomic mass is 79.9. The molecule has 0 radical (unpaired) electrons. The number of nitro benzene ring substituents is 1. The molecule has 0 N–H and O–H groups in total. The molecule has 0 aromatic heterocycles. The predicted octanol–water partition coefficient (Wildman–Crippen LogP) is 5.80. The van der Waals surface area contributed by atoms with E-state index in [1.807, 2.05) is 60.7 Å². The van der Waals surface area contributed by atoms with Crippen molar-refractivity contribution in [3.63, 3.8) is 0 Å². The number of hydrogen-bond acceptors (Lipinski definition) is 6. The molecule has 1 saturated carbocycles. The molecule has 1 saturated heterocycles. The number of allylic oxidation sites excluding steroid dienone is 3. The number of nitro groups is 1. The Balaban J connectivity index is 1.47. The molecule has 1 heterocycles. The summed E-state index contributed by atoms with van der Waals surface area (Å²) < 4.78 is 11.2. The van der Waals surface area contributed by atoms with Crippen LogP contribution in [0.15, 0.2) is 88.9 Å². The molecule has 2 bridgehead atoms. The Labute approximate surface area is 232 Å². The zero-order valence-electron chi connectivity index (χ0n) is 21.0. The van der Waals surface area contributed by atoms with E-state index in [1.54, 1.807) is 20.3 Å². The van der Waals surface area contributed by atoms with Crippen LogP contribution in [0.25, 0.3) is 5.57 Å². The normalized spacial score (nSPS) is 22.8. The molecule has 3 aromatic carbocycles. The van der Waals surface area contributed by atoms with Gasteiger partial charge in [0.2, 0.25) is 11.8 Å². The van der Waals surface area contributed by atoms with Gasteiger partial charge in [-0.2, -0.15) is 0 Å². The number of imide groups is 1. The molecule has 2 amide bonds. The van der Waals surface area contributed by atoms with Crippen molar-refractivity contribution in [2.24, 2.45) is 23.7 Å². The number of carbonyl (C=O) groups excluding carboxylic acids is 2. The van der Waals surface area contributed by atoms with Gasteiger partial charge in [0.1, 0.15) is 17.2 Å². The molecule has 2 fully saturated rings. The smallest absolute Gasteiger partial charge is 0.294 e. The first-order valence-corrected chi connectivity index (χ1v) is 13.2. The van der Waals surface area contributed by atoms with Crippen molar-refractivity contribution in [3.8, 4) is 11.5 Å². The minimum atomic E-state index is -0.628. The zero-order valence-corrected chi connectivity index (χ0v) is 22.6. The Morgan fingerprint density at radius 2 is 1.31 bits per heavy atom. The third-order valence-electron chi connectivity index (χ3n) is 7.84. The van der Waals surface area contributed by atoms with Crippen molar-refractivity contribution in [1.29, 1.82) is 0 Å². The highest BCUT2D eigenvalue weighted by molar-refractivity contribution is 9.10. The highest BCUT2D eigenvalue weighted by Gasteiger charge is 2.63. The van der Waals surface area contributed by atoms with E-state index in [1.165, 1.54) is 12.1 Å². The third-order valence-corrected chi connectivity index (χ3v) is 8.33. The van der Waals surface area contributed by atoms with E-state index in [4.69, 9.17) is 9.47 Å². The lowest BCUT2D eigenvalue weighted by atomic mass is 9.85. The van der Waals surface area contributed by atoms with Crippen molar-refractivity contribution in [3.05, 3.63) is 110 Å². The number of fused-ring (bicyclic) bond motifs is 5. The summed E-state index contributed by atoms with van der Waals surface area (Å²) >= 11 is 3.24. The average molecular weight is 587 g/mol. The number of benzene rings is 3. The Bertz CT molecular complexity index is 1490. The molecule has 2 aliphatic carbocycles. The Kier molecular flexibility index (Phi) is 6.10. The number of ether oxygens (including phenoxy) is 2. The Morgan fingerprint density at radius 1 is 0.821 bits per heavy atom. The zero-order chi connectivity index (χ0) is 27.4. The van der Waals surface area contributed by atoms with Gasteiger partial charge in [-0.15, -0.1) is 0 Å². The van der Waals surface area contributed by atoms with E-state index >= 15 is 0 Å². The average Bonchev–Trinajstić information content (AvgIpc) is 3.58. The summed E-state index contributed by atoms with van der Waals surface area (Å²) in [6.07, 6.45) is 4.00. The number of hydrogen-bond donors (Lipinski definition) is 0. The Morgan fingerprint density at radius 3 is 1.74 bits per heavy atom. The summed E-state index contributed by atoms with van der Waals surface area (Å²) in [7, 11) is 3.22. The fraction of sp³-hybridized carbons (Fsp3) is 0.200. The van der Waals surface area contributed by atoms with Gasteiger partial charge < -0.3 is 9.47 Å². The van der Waals surface area contributed by atoms with Crippen molar-refractivity contribution < 1.29 is 24.0 Å². The second kappa shape index (κ2) is 9.50. The van der Waals surface area contributed by atoms with Crippen LogP contribution in [0.3, 0.4) is 0 Å². The lowest BCUT2D eigenvalue weighted by Crippen LogP contribution is -2.33. The SMILES string of the molecule is COc1ccc(C(=C2[C@H]3C=C[C@H]2[C@H]2C(=O)N(c4ccc(Br)cc4[N+](=O)[O-])C(=O)[C@H]23)c2ccc(OC)cc2)cc1. The lowest BCUT2D eigenvalue weighted by Gasteiger charge is -2.22. The number of rotatable bonds is 6. The van der Waals surface area contributed by atoms with E-state index in [2.05, 4.69) is 15.9 Å². The first-order chi connectivity index (χ1) is 18.8. The fourth-order valence-corrected chi connectivity index (χ4v) is 6.53. The van der Waals surface area contributed by atoms with Crippen molar-refractivity contribution in [1.82, 2.24) is 0 Å². The van der Waals surface area contributed by atoms with Crippen LogP contribution < -0.4 is 14.4 Å². The van der Waals surface area contributed by atoms with Gasteiger partial charge in [0.25, 0.3) is 5.69 Å². The van der Waals surface area contributed by atoms with E-state index < -0.39 is 28.6 Å². The maximum absolute atomic E-state index is 13.8. The van der Waals surface area contributed by atoms with E-state index in [-0.39, 0.29) is 23.2 Å². The van der Waals surface area contributed by atoms with Crippen LogP contribution in [-0.4, -0.2) is 31.0 Å². The van der Waals surface area contributed by atoms with E-state index in [0.29, 0.717) is 4.47 Å². The maximum Gasteiger partial charge on any atom is 0.294 e. The van der Waals surface area contributed by atoms with Gasteiger partial charge in [0.15, 0.2) is 0 Å². The van der Waals surface area contributed by atoms with Gasteiger partial charge in [-0.1, -0.05) is 52.3 Å². The predicted molar refractivity (Wildman–Crippen MR) is 148 cm³/mol. The molecule has 6 rings (SSSR count). The summed E-state index contributed by atoms with van der Waals surface area (Å²) in [4.78, 5) is 39.9. The van der Waals surface area contributed by atoms with Gasteiger partial charge in [-0.05, 0) is 58.7 Å². The topological polar surface area (TPSA) is 99.0 Å². The van der Waals surface area contributed by atoms with Gasteiger partial charge >= 0.3 is 0 Å². The van der Waals surface area contributed by atoms with Crippen molar-refractivity contribution >= 4 is 44.7 Å². The highest BCUT2D eigenvalue weighted by Crippen LogP contribution is 2.59. The molecule has 1 aliphatic heterocycles. The van der Waals surface area contributed by atoms with Gasteiger partial charge in [-0.25, -0.2) is 4.90 Å². The fourth-order valence-electron chi connectivity index (χ4n) is 6.18. The largest absolute Gasteiger partial charge is 0.497 e. The van der Waals surface area contributed by atoms with Crippen LogP contribution >= 0.6 is 15.9 Å². The second-order valence-electron chi connectivity index (χ2n) is 9.68. The van der Waals surface area contributed by atoms with Crippen LogP contribution in [0.5, 0.6) is 11.5 Å². The molecule has 4 atom stereocenters. The van der Waals surface area contributed by atoms with Crippen LogP contribution in [0.1, 0.15) is 11.1 Å². The minimum Gasteiger partial charge on any atom is -0.497 e. The van der Waals surface area contributed by atoms with Crippen LogP contribution in [0.4, 0.5) is 11.4 Å². The van der Waals surface area contributed by atoms with Crippen LogP contribution in [0, 0.1) is 33.8 Å².